The van der Waals surface area contributed by atoms with Gasteiger partial charge in [-0.2, -0.15) is 0 Å². The average molecular weight is 224 g/mol. The van der Waals surface area contributed by atoms with Crippen LogP contribution >= 0.6 is 0 Å². The van der Waals surface area contributed by atoms with Gasteiger partial charge in [-0.3, -0.25) is 0 Å². The predicted molar refractivity (Wildman–Crippen MR) is 61.8 cm³/mol. The van der Waals surface area contributed by atoms with Gasteiger partial charge < -0.3 is 18.9 Å². The van der Waals surface area contributed by atoms with E-state index in [-0.39, 0.29) is 0 Å². The maximum absolute atomic E-state index is 5.48. The quantitative estimate of drug-likeness (QED) is 0.695. The zero-order chi connectivity index (χ0) is 12.0. The molecule has 1 aromatic carbocycles. The van der Waals surface area contributed by atoms with Gasteiger partial charge in [-0.15, -0.1) is 0 Å². The molecule has 1 aromatic rings. The molecule has 0 aliphatic carbocycles. The van der Waals surface area contributed by atoms with Gasteiger partial charge in [0, 0.05) is 12.1 Å². The summed E-state index contributed by atoms with van der Waals surface area (Å²) in [6.07, 6.45) is 1.66. The lowest BCUT2D eigenvalue weighted by Gasteiger charge is -2.14. The highest BCUT2D eigenvalue weighted by Gasteiger charge is 2.13. The summed E-state index contributed by atoms with van der Waals surface area (Å²) >= 11 is 0. The van der Waals surface area contributed by atoms with Crippen LogP contribution < -0.4 is 18.9 Å². The Morgan fingerprint density at radius 3 is 2.00 bits per heavy atom. The van der Waals surface area contributed by atoms with E-state index < -0.39 is 0 Å². The standard InChI is InChI=1S/C12H16O4/c1-5-6-16-12-10(14-3)7-9(13-2)8-11(12)15-4/h5,7-8H,1,6H2,2-4H3. The summed E-state index contributed by atoms with van der Waals surface area (Å²) in [4.78, 5) is 0. The van der Waals surface area contributed by atoms with Crippen LogP contribution in [0, 0.1) is 0 Å². The van der Waals surface area contributed by atoms with E-state index in [0.717, 1.165) is 0 Å². The van der Waals surface area contributed by atoms with Crippen LogP contribution in [0.2, 0.25) is 0 Å². The molecule has 0 N–H and O–H groups in total. The largest absolute Gasteiger partial charge is 0.496 e. The third-order valence-electron chi connectivity index (χ3n) is 2.02. The van der Waals surface area contributed by atoms with E-state index in [9.17, 15) is 0 Å². The van der Waals surface area contributed by atoms with Crippen molar-refractivity contribution in [3.8, 4) is 23.0 Å². The Balaban J connectivity index is 3.14. The fourth-order valence-electron chi connectivity index (χ4n) is 1.26. The van der Waals surface area contributed by atoms with Crippen LogP contribution in [0.4, 0.5) is 0 Å². The van der Waals surface area contributed by atoms with Gasteiger partial charge >= 0.3 is 0 Å². The summed E-state index contributed by atoms with van der Waals surface area (Å²) in [7, 11) is 4.71. The Hall–Kier alpha value is -1.84. The van der Waals surface area contributed by atoms with Crippen LogP contribution in [0.1, 0.15) is 0 Å². The summed E-state index contributed by atoms with van der Waals surface area (Å²) in [5, 5.41) is 0. The molecule has 0 aliphatic rings. The summed E-state index contributed by atoms with van der Waals surface area (Å²) in [6, 6.07) is 3.47. The van der Waals surface area contributed by atoms with Gasteiger partial charge in [0.25, 0.3) is 0 Å². The minimum absolute atomic E-state index is 0.388. The van der Waals surface area contributed by atoms with E-state index in [1.807, 2.05) is 0 Å². The highest BCUT2D eigenvalue weighted by molar-refractivity contribution is 5.55. The number of ether oxygens (including phenoxy) is 4. The van der Waals surface area contributed by atoms with Crippen molar-refractivity contribution >= 4 is 0 Å². The Morgan fingerprint density at radius 2 is 1.62 bits per heavy atom. The predicted octanol–water partition coefficient (Wildman–Crippen LogP) is 2.28. The summed E-state index contributed by atoms with van der Waals surface area (Å²) < 4.78 is 21.0. The van der Waals surface area contributed by atoms with Gasteiger partial charge in [-0.25, -0.2) is 0 Å². The topological polar surface area (TPSA) is 36.9 Å². The van der Waals surface area contributed by atoms with Crippen molar-refractivity contribution in [3.63, 3.8) is 0 Å². The zero-order valence-electron chi connectivity index (χ0n) is 9.78. The second-order valence-electron chi connectivity index (χ2n) is 2.96. The fourth-order valence-corrected chi connectivity index (χ4v) is 1.26. The van der Waals surface area contributed by atoms with Crippen molar-refractivity contribution in [1.29, 1.82) is 0 Å². The fraction of sp³-hybridized carbons (Fsp3) is 0.333. The van der Waals surface area contributed by atoms with E-state index >= 15 is 0 Å². The van der Waals surface area contributed by atoms with Gasteiger partial charge in [-0.05, 0) is 0 Å². The van der Waals surface area contributed by atoms with E-state index in [4.69, 9.17) is 18.9 Å². The van der Waals surface area contributed by atoms with Gasteiger partial charge in [-0.1, -0.05) is 12.7 Å². The summed E-state index contributed by atoms with van der Waals surface area (Å²) in [5.41, 5.74) is 0. The van der Waals surface area contributed by atoms with E-state index in [1.165, 1.54) is 0 Å². The minimum Gasteiger partial charge on any atom is -0.496 e. The maximum Gasteiger partial charge on any atom is 0.204 e. The molecule has 0 heterocycles. The molecule has 0 fully saturated rings. The second-order valence-corrected chi connectivity index (χ2v) is 2.96. The van der Waals surface area contributed by atoms with Crippen LogP contribution in [0.25, 0.3) is 0 Å². The lowest BCUT2D eigenvalue weighted by molar-refractivity contribution is 0.297. The molecule has 0 saturated carbocycles. The van der Waals surface area contributed by atoms with Crippen molar-refractivity contribution in [2.45, 2.75) is 0 Å². The van der Waals surface area contributed by atoms with Crippen LogP contribution in [-0.4, -0.2) is 27.9 Å². The Labute approximate surface area is 95.4 Å². The molecule has 0 saturated heterocycles. The van der Waals surface area contributed by atoms with Gasteiger partial charge in [0.15, 0.2) is 11.5 Å². The molecular formula is C12H16O4. The minimum atomic E-state index is 0.388. The molecule has 1 rings (SSSR count). The monoisotopic (exact) mass is 224 g/mol. The molecule has 0 atom stereocenters. The van der Waals surface area contributed by atoms with Gasteiger partial charge in [0.05, 0.1) is 21.3 Å². The van der Waals surface area contributed by atoms with Crippen molar-refractivity contribution < 1.29 is 18.9 Å². The SMILES string of the molecule is C=CCOc1c(OC)cc(OC)cc1OC. The molecule has 16 heavy (non-hydrogen) atoms. The van der Waals surface area contributed by atoms with Crippen LogP contribution in [-0.2, 0) is 0 Å². The van der Waals surface area contributed by atoms with Crippen LogP contribution in [0.3, 0.4) is 0 Å². The average Bonchev–Trinajstić information content (AvgIpc) is 2.35. The molecule has 0 unspecified atom stereocenters. The highest BCUT2D eigenvalue weighted by atomic mass is 16.5. The summed E-state index contributed by atoms with van der Waals surface area (Å²) in [5.74, 6) is 2.33. The van der Waals surface area contributed by atoms with Crippen LogP contribution in [0.5, 0.6) is 23.0 Å². The summed E-state index contributed by atoms with van der Waals surface area (Å²) in [6.45, 7) is 3.98. The number of methoxy groups -OCH3 is 3. The van der Waals surface area contributed by atoms with Crippen molar-refractivity contribution in [1.82, 2.24) is 0 Å². The molecule has 4 heteroatoms. The van der Waals surface area contributed by atoms with Crippen molar-refractivity contribution in [3.05, 3.63) is 24.8 Å². The first kappa shape index (κ1) is 12.2. The maximum atomic E-state index is 5.48. The van der Waals surface area contributed by atoms with Crippen molar-refractivity contribution in [2.24, 2.45) is 0 Å². The molecule has 0 aromatic heterocycles. The number of hydrogen-bond donors (Lipinski definition) is 0. The molecule has 0 radical (unpaired) electrons. The normalized spacial score (nSPS) is 9.44. The molecule has 0 aliphatic heterocycles. The first-order valence-electron chi connectivity index (χ1n) is 4.80. The molecule has 4 nitrogen and oxygen atoms in total. The first-order valence-corrected chi connectivity index (χ1v) is 4.80. The second kappa shape index (κ2) is 5.90. The van der Waals surface area contributed by atoms with Gasteiger partial charge in [0.2, 0.25) is 5.75 Å². The number of benzene rings is 1. The molecular weight excluding hydrogens is 208 g/mol. The number of hydrogen-bond acceptors (Lipinski definition) is 4. The van der Waals surface area contributed by atoms with Gasteiger partial charge in [0.1, 0.15) is 12.4 Å². The van der Waals surface area contributed by atoms with E-state index in [0.29, 0.717) is 29.6 Å². The lowest BCUT2D eigenvalue weighted by Crippen LogP contribution is -2.00. The Bertz CT molecular complexity index is 335. The molecule has 88 valence electrons. The third-order valence-corrected chi connectivity index (χ3v) is 2.02. The first-order chi connectivity index (χ1) is 7.76. The molecule has 0 bridgehead atoms. The highest BCUT2D eigenvalue weighted by Crippen LogP contribution is 2.40. The molecule has 0 amide bonds. The lowest BCUT2D eigenvalue weighted by atomic mass is 10.2. The Kier molecular flexibility index (Phi) is 4.51. The number of rotatable bonds is 6. The third kappa shape index (κ3) is 2.59. The van der Waals surface area contributed by atoms with Crippen LogP contribution in [0.15, 0.2) is 24.8 Å². The van der Waals surface area contributed by atoms with E-state index in [1.54, 1.807) is 39.5 Å². The van der Waals surface area contributed by atoms with E-state index in [2.05, 4.69) is 6.58 Å². The Morgan fingerprint density at radius 1 is 1.06 bits per heavy atom. The van der Waals surface area contributed by atoms with Crippen molar-refractivity contribution in [2.75, 3.05) is 27.9 Å². The smallest absolute Gasteiger partial charge is 0.204 e. The molecule has 0 spiro atoms. The zero-order valence-corrected chi connectivity index (χ0v) is 9.78.